The lowest BCUT2D eigenvalue weighted by atomic mass is 10.0. The molecule has 26 heavy (non-hydrogen) atoms. The van der Waals surface area contributed by atoms with Crippen LogP contribution in [0.2, 0.25) is 0 Å². The van der Waals surface area contributed by atoms with Crippen molar-refractivity contribution in [3.63, 3.8) is 0 Å². The third-order valence-electron chi connectivity index (χ3n) is 4.68. The molecule has 0 bridgehead atoms. The fraction of sp³-hybridized carbons (Fsp3) is 0.471. The van der Waals surface area contributed by atoms with Gasteiger partial charge in [-0.3, -0.25) is 19.7 Å². The molecule has 1 saturated heterocycles. The van der Waals surface area contributed by atoms with Gasteiger partial charge in [-0.2, -0.15) is 0 Å². The molecule has 2 heterocycles. The van der Waals surface area contributed by atoms with Crippen molar-refractivity contribution in [2.24, 2.45) is 5.73 Å². The predicted octanol–water partition coefficient (Wildman–Crippen LogP) is 0.131. The molecule has 3 rings (SSSR count). The smallest absolute Gasteiger partial charge is 0.272 e. The topological polar surface area (TPSA) is 105 Å². The summed E-state index contributed by atoms with van der Waals surface area (Å²) in [6, 6.07) is 4.40. The van der Waals surface area contributed by atoms with Gasteiger partial charge in [-0.1, -0.05) is 12.1 Å². The van der Waals surface area contributed by atoms with Gasteiger partial charge in [0.2, 0.25) is 11.8 Å². The molecule has 0 aliphatic carbocycles. The Labute approximate surface area is 148 Å². The van der Waals surface area contributed by atoms with Crippen LogP contribution >= 0.6 is 0 Å². The van der Waals surface area contributed by atoms with Crippen LogP contribution in [-0.2, 0) is 22.7 Å². The first kappa shape index (κ1) is 18.4. The minimum absolute atomic E-state index is 0.162. The molecule has 7 nitrogen and oxygen atoms in total. The fourth-order valence-electron chi connectivity index (χ4n) is 3.27. The van der Waals surface area contributed by atoms with Crippen LogP contribution in [0, 0.1) is 0 Å². The van der Waals surface area contributed by atoms with Gasteiger partial charge < -0.3 is 16.0 Å². The highest BCUT2D eigenvalue weighted by Gasteiger charge is 2.39. The molecule has 4 N–H and O–H groups in total. The number of benzene rings is 1. The average Bonchev–Trinajstić information content (AvgIpc) is 2.93. The zero-order valence-electron chi connectivity index (χ0n) is 14.1. The molecule has 140 valence electrons. The molecule has 0 aromatic heterocycles. The van der Waals surface area contributed by atoms with Crippen LogP contribution in [0.3, 0.4) is 0 Å². The number of carbonyl (C=O) groups excluding carboxylic acids is 3. The highest BCUT2D eigenvalue weighted by atomic mass is 19.3. The van der Waals surface area contributed by atoms with Gasteiger partial charge >= 0.3 is 0 Å². The van der Waals surface area contributed by atoms with Crippen LogP contribution < -0.4 is 16.4 Å². The van der Waals surface area contributed by atoms with Crippen molar-refractivity contribution in [1.82, 2.24) is 15.5 Å². The molecule has 9 heteroatoms. The lowest BCUT2D eigenvalue weighted by Crippen LogP contribution is -2.52. The Balaban J connectivity index is 1.73. The second-order valence-corrected chi connectivity index (χ2v) is 6.51. The van der Waals surface area contributed by atoms with E-state index in [4.69, 9.17) is 5.73 Å². The quantitative estimate of drug-likeness (QED) is 0.621. The summed E-state index contributed by atoms with van der Waals surface area (Å²) in [6.07, 6.45) is 0.458. The molecule has 0 radical (unpaired) electrons. The van der Waals surface area contributed by atoms with E-state index >= 15 is 0 Å². The van der Waals surface area contributed by atoms with E-state index in [-0.39, 0.29) is 37.7 Å². The van der Waals surface area contributed by atoms with Gasteiger partial charge in [0.05, 0.1) is 13.1 Å². The number of nitrogens with zero attached hydrogens (tertiary/aromatic N) is 1. The Kier molecular flexibility index (Phi) is 5.01. The van der Waals surface area contributed by atoms with Crippen molar-refractivity contribution < 1.29 is 23.2 Å². The van der Waals surface area contributed by atoms with Gasteiger partial charge in [-0.15, -0.1) is 0 Å². The molecule has 1 aromatic carbocycles. The van der Waals surface area contributed by atoms with Gasteiger partial charge in [0.15, 0.2) is 0 Å². The standard InChI is InChI=1S/C17H20F2N4O3/c18-17(19,8-20)9-21-6-10-2-1-3-11-12(10)7-23(16(11)26)13-4-5-14(24)22-15(13)25/h1-3,13,21H,4-9,20H2,(H,22,24,25). The summed E-state index contributed by atoms with van der Waals surface area (Å²) >= 11 is 0. The second kappa shape index (κ2) is 7.08. The molecule has 0 spiro atoms. The number of imide groups is 1. The van der Waals surface area contributed by atoms with E-state index in [1.54, 1.807) is 18.2 Å². The first-order chi connectivity index (χ1) is 12.3. The Hall–Kier alpha value is -2.39. The number of nitrogens with two attached hydrogens (primary N) is 1. The van der Waals surface area contributed by atoms with E-state index in [1.165, 1.54) is 4.90 Å². The van der Waals surface area contributed by atoms with Crippen LogP contribution in [0.15, 0.2) is 18.2 Å². The van der Waals surface area contributed by atoms with Crippen LogP contribution in [0.25, 0.3) is 0 Å². The Morgan fingerprint density at radius 1 is 1.31 bits per heavy atom. The van der Waals surface area contributed by atoms with Crippen molar-refractivity contribution in [2.45, 2.75) is 37.9 Å². The third kappa shape index (κ3) is 3.58. The minimum Gasteiger partial charge on any atom is -0.325 e. The fourth-order valence-corrected chi connectivity index (χ4v) is 3.27. The van der Waals surface area contributed by atoms with E-state index in [2.05, 4.69) is 10.6 Å². The lowest BCUT2D eigenvalue weighted by Gasteiger charge is -2.29. The van der Waals surface area contributed by atoms with Crippen LogP contribution in [0.5, 0.6) is 0 Å². The number of amides is 3. The lowest BCUT2D eigenvalue weighted by molar-refractivity contribution is -0.136. The average molecular weight is 366 g/mol. The summed E-state index contributed by atoms with van der Waals surface area (Å²) in [5.41, 5.74) is 6.91. The summed E-state index contributed by atoms with van der Waals surface area (Å²) in [7, 11) is 0. The molecule has 2 aliphatic heterocycles. The number of halogens is 2. The highest BCUT2D eigenvalue weighted by Crippen LogP contribution is 2.29. The SMILES string of the molecule is NCC(F)(F)CNCc1cccc2c1CN(C1CCC(=O)NC1=O)C2=O. The number of alkyl halides is 2. The van der Waals surface area contributed by atoms with Crippen LogP contribution in [-0.4, -0.2) is 47.7 Å². The zero-order chi connectivity index (χ0) is 18.9. The second-order valence-electron chi connectivity index (χ2n) is 6.51. The van der Waals surface area contributed by atoms with Crippen LogP contribution in [0.1, 0.15) is 34.3 Å². The highest BCUT2D eigenvalue weighted by molar-refractivity contribution is 6.05. The van der Waals surface area contributed by atoms with E-state index < -0.39 is 31.0 Å². The van der Waals surface area contributed by atoms with Gasteiger partial charge in [0.1, 0.15) is 6.04 Å². The molecule has 1 fully saturated rings. The molecule has 2 aliphatic rings. The first-order valence-corrected chi connectivity index (χ1v) is 8.36. The monoisotopic (exact) mass is 366 g/mol. The number of hydrogen-bond donors (Lipinski definition) is 3. The summed E-state index contributed by atoms with van der Waals surface area (Å²) in [6.45, 7) is -0.923. The number of carbonyl (C=O) groups is 3. The molecule has 1 unspecified atom stereocenters. The number of fused-ring (bicyclic) bond motifs is 1. The number of rotatable bonds is 6. The van der Waals surface area contributed by atoms with E-state index in [0.29, 0.717) is 11.1 Å². The summed E-state index contributed by atoms with van der Waals surface area (Å²) in [4.78, 5) is 37.4. The van der Waals surface area contributed by atoms with Gasteiger partial charge in [0.25, 0.3) is 11.8 Å². The molecule has 3 amide bonds. The number of hydrogen-bond acceptors (Lipinski definition) is 5. The first-order valence-electron chi connectivity index (χ1n) is 8.36. The normalized spacial score (nSPS) is 20.3. The van der Waals surface area contributed by atoms with E-state index in [9.17, 15) is 23.2 Å². The molecule has 1 aromatic rings. The van der Waals surface area contributed by atoms with Crippen molar-refractivity contribution >= 4 is 17.7 Å². The van der Waals surface area contributed by atoms with Crippen molar-refractivity contribution in [1.29, 1.82) is 0 Å². The minimum atomic E-state index is -2.99. The molecule has 0 saturated carbocycles. The molecular weight excluding hydrogens is 346 g/mol. The van der Waals surface area contributed by atoms with Gasteiger partial charge in [0, 0.05) is 25.1 Å². The third-order valence-corrected chi connectivity index (χ3v) is 4.68. The van der Waals surface area contributed by atoms with Gasteiger partial charge in [-0.05, 0) is 23.6 Å². The van der Waals surface area contributed by atoms with Crippen molar-refractivity contribution in [2.75, 3.05) is 13.1 Å². The molecule has 1 atom stereocenters. The van der Waals surface area contributed by atoms with E-state index in [0.717, 1.165) is 5.56 Å². The summed E-state index contributed by atoms with van der Waals surface area (Å²) < 4.78 is 26.5. The van der Waals surface area contributed by atoms with Crippen molar-refractivity contribution in [3.8, 4) is 0 Å². The Morgan fingerprint density at radius 2 is 2.08 bits per heavy atom. The Bertz CT molecular complexity index is 754. The molecular formula is C17H20F2N4O3. The maximum atomic E-state index is 13.2. The predicted molar refractivity (Wildman–Crippen MR) is 88.2 cm³/mol. The van der Waals surface area contributed by atoms with Gasteiger partial charge in [-0.25, -0.2) is 8.78 Å². The summed E-state index contributed by atoms with van der Waals surface area (Å²) in [5, 5.41) is 4.91. The number of piperidine rings is 1. The largest absolute Gasteiger partial charge is 0.325 e. The van der Waals surface area contributed by atoms with Crippen LogP contribution in [0.4, 0.5) is 8.78 Å². The summed E-state index contributed by atoms with van der Waals surface area (Å²) in [5.74, 6) is -4.11. The maximum Gasteiger partial charge on any atom is 0.272 e. The van der Waals surface area contributed by atoms with E-state index in [1.807, 2.05) is 0 Å². The number of nitrogens with one attached hydrogen (secondary N) is 2. The Morgan fingerprint density at radius 3 is 2.77 bits per heavy atom. The zero-order valence-corrected chi connectivity index (χ0v) is 14.1. The maximum absolute atomic E-state index is 13.2. The van der Waals surface area contributed by atoms with Crippen molar-refractivity contribution in [3.05, 3.63) is 34.9 Å².